The Labute approximate surface area is 158 Å². The van der Waals surface area contributed by atoms with E-state index in [9.17, 15) is 4.79 Å². The van der Waals surface area contributed by atoms with Gasteiger partial charge in [0.15, 0.2) is 0 Å². The van der Waals surface area contributed by atoms with E-state index in [0.717, 1.165) is 22.3 Å². The molecule has 0 unspecified atom stereocenters. The summed E-state index contributed by atoms with van der Waals surface area (Å²) in [5.41, 5.74) is 1.96. The summed E-state index contributed by atoms with van der Waals surface area (Å²) >= 11 is 0. The Kier molecular flexibility index (Phi) is 4.55. The van der Waals surface area contributed by atoms with Gasteiger partial charge in [-0.25, -0.2) is 4.79 Å². The van der Waals surface area contributed by atoms with Crippen molar-refractivity contribution in [2.75, 3.05) is 7.05 Å². The van der Waals surface area contributed by atoms with Gasteiger partial charge in [0.05, 0.1) is 6.04 Å². The SMILES string of the molecule is C[C@H](NC(=O)N(C)Cc1cccc2ccccc12)c1cc2ccccc2o1. The second-order valence-corrected chi connectivity index (χ2v) is 6.85. The van der Waals surface area contributed by atoms with E-state index in [-0.39, 0.29) is 12.1 Å². The van der Waals surface area contributed by atoms with Gasteiger partial charge >= 0.3 is 6.03 Å². The number of hydrogen-bond donors (Lipinski definition) is 1. The quantitative estimate of drug-likeness (QED) is 0.524. The van der Waals surface area contributed by atoms with Gasteiger partial charge in [0.1, 0.15) is 11.3 Å². The average molecular weight is 358 g/mol. The summed E-state index contributed by atoms with van der Waals surface area (Å²) in [6.07, 6.45) is 0. The summed E-state index contributed by atoms with van der Waals surface area (Å²) in [4.78, 5) is 14.4. The van der Waals surface area contributed by atoms with Crippen molar-refractivity contribution in [3.05, 3.63) is 84.1 Å². The van der Waals surface area contributed by atoms with E-state index in [4.69, 9.17) is 4.42 Å². The molecule has 1 atom stereocenters. The largest absolute Gasteiger partial charge is 0.459 e. The highest BCUT2D eigenvalue weighted by atomic mass is 16.3. The van der Waals surface area contributed by atoms with Crippen LogP contribution >= 0.6 is 0 Å². The first-order valence-corrected chi connectivity index (χ1v) is 9.08. The fraction of sp³-hybridized carbons (Fsp3) is 0.174. The summed E-state index contributed by atoms with van der Waals surface area (Å²) in [5, 5.41) is 6.41. The van der Waals surface area contributed by atoms with E-state index >= 15 is 0 Å². The number of carbonyl (C=O) groups excluding carboxylic acids is 1. The van der Waals surface area contributed by atoms with Crippen LogP contribution in [-0.2, 0) is 6.54 Å². The van der Waals surface area contributed by atoms with Gasteiger partial charge in [-0.05, 0) is 35.4 Å². The topological polar surface area (TPSA) is 45.5 Å². The van der Waals surface area contributed by atoms with E-state index in [1.807, 2.05) is 62.5 Å². The minimum absolute atomic E-state index is 0.129. The van der Waals surface area contributed by atoms with Gasteiger partial charge in [0.2, 0.25) is 0 Å². The first-order valence-electron chi connectivity index (χ1n) is 9.08. The lowest BCUT2D eigenvalue weighted by Crippen LogP contribution is -2.38. The zero-order valence-electron chi connectivity index (χ0n) is 15.5. The molecule has 4 nitrogen and oxygen atoms in total. The number of benzene rings is 3. The lowest BCUT2D eigenvalue weighted by Gasteiger charge is -2.21. The van der Waals surface area contributed by atoms with E-state index in [2.05, 4.69) is 29.6 Å². The molecule has 0 saturated heterocycles. The van der Waals surface area contributed by atoms with Crippen molar-refractivity contribution in [3.8, 4) is 0 Å². The van der Waals surface area contributed by atoms with Crippen LogP contribution in [0.1, 0.15) is 24.3 Å². The monoisotopic (exact) mass is 358 g/mol. The Morgan fingerprint density at radius 2 is 1.70 bits per heavy atom. The van der Waals surface area contributed by atoms with E-state index in [0.29, 0.717) is 6.54 Å². The summed E-state index contributed by atoms with van der Waals surface area (Å²) < 4.78 is 5.85. The third-order valence-electron chi connectivity index (χ3n) is 4.85. The zero-order chi connectivity index (χ0) is 18.8. The Hall–Kier alpha value is -3.27. The number of fused-ring (bicyclic) bond motifs is 2. The highest BCUT2D eigenvalue weighted by molar-refractivity contribution is 5.86. The van der Waals surface area contributed by atoms with Gasteiger partial charge in [-0.2, -0.15) is 0 Å². The molecule has 0 aliphatic heterocycles. The molecule has 0 aliphatic carbocycles. The van der Waals surface area contributed by atoms with Gasteiger partial charge in [-0.1, -0.05) is 60.7 Å². The maximum atomic E-state index is 12.7. The maximum Gasteiger partial charge on any atom is 0.318 e. The second-order valence-electron chi connectivity index (χ2n) is 6.85. The van der Waals surface area contributed by atoms with Crippen LogP contribution in [0.15, 0.2) is 77.2 Å². The predicted octanol–water partition coefficient (Wildman–Crippen LogP) is 5.49. The second kappa shape index (κ2) is 7.16. The number of hydrogen-bond acceptors (Lipinski definition) is 2. The van der Waals surface area contributed by atoms with Crippen LogP contribution in [0.4, 0.5) is 4.79 Å². The maximum absolute atomic E-state index is 12.7. The van der Waals surface area contributed by atoms with Crippen LogP contribution in [0, 0.1) is 0 Å². The fourth-order valence-electron chi connectivity index (χ4n) is 3.34. The number of nitrogens with one attached hydrogen (secondary N) is 1. The third kappa shape index (κ3) is 3.51. The van der Waals surface area contributed by atoms with Crippen molar-refractivity contribution in [1.29, 1.82) is 0 Å². The summed E-state index contributed by atoms with van der Waals surface area (Å²) in [6.45, 7) is 2.47. The molecule has 1 N–H and O–H groups in total. The normalized spacial score (nSPS) is 12.2. The number of rotatable bonds is 4. The highest BCUT2D eigenvalue weighted by Crippen LogP contribution is 2.24. The zero-order valence-corrected chi connectivity index (χ0v) is 15.5. The summed E-state index contributed by atoms with van der Waals surface area (Å²) in [5.74, 6) is 0.753. The molecule has 3 aromatic carbocycles. The molecule has 1 heterocycles. The lowest BCUT2D eigenvalue weighted by molar-refractivity contribution is 0.202. The van der Waals surface area contributed by atoms with Crippen LogP contribution in [0.5, 0.6) is 0 Å². The van der Waals surface area contributed by atoms with Crippen molar-refractivity contribution in [2.24, 2.45) is 0 Å². The predicted molar refractivity (Wildman–Crippen MR) is 109 cm³/mol. The first-order chi connectivity index (χ1) is 13.1. The number of carbonyl (C=O) groups is 1. The average Bonchev–Trinajstić information content (AvgIpc) is 3.12. The van der Waals surface area contributed by atoms with Crippen molar-refractivity contribution in [3.63, 3.8) is 0 Å². The van der Waals surface area contributed by atoms with Gasteiger partial charge in [0, 0.05) is 19.0 Å². The van der Waals surface area contributed by atoms with Crippen molar-refractivity contribution in [2.45, 2.75) is 19.5 Å². The summed E-state index contributed by atoms with van der Waals surface area (Å²) in [7, 11) is 1.81. The third-order valence-corrected chi connectivity index (χ3v) is 4.85. The molecule has 0 spiro atoms. The van der Waals surface area contributed by atoms with Crippen LogP contribution in [0.2, 0.25) is 0 Å². The van der Waals surface area contributed by atoms with E-state index < -0.39 is 0 Å². The molecule has 0 fully saturated rings. The minimum atomic E-state index is -0.208. The molecule has 27 heavy (non-hydrogen) atoms. The Morgan fingerprint density at radius 3 is 2.52 bits per heavy atom. The van der Waals surface area contributed by atoms with Crippen molar-refractivity contribution in [1.82, 2.24) is 10.2 Å². The molecule has 2 amide bonds. The summed E-state index contributed by atoms with van der Waals surface area (Å²) in [6, 6.07) is 23.9. The van der Waals surface area contributed by atoms with Gasteiger partial charge < -0.3 is 14.6 Å². The molecule has 4 aromatic rings. The Morgan fingerprint density at radius 1 is 1.00 bits per heavy atom. The van der Waals surface area contributed by atoms with Crippen LogP contribution in [-0.4, -0.2) is 18.0 Å². The number of para-hydroxylation sites is 1. The van der Waals surface area contributed by atoms with Crippen LogP contribution in [0.25, 0.3) is 21.7 Å². The molecule has 4 heteroatoms. The van der Waals surface area contributed by atoms with Crippen molar-refractivity contribution < 1.29 is 9.21 Å². The Bertz CT molecular complexity index is 1060. The molecular formula is C23H22N2O2. The Balaban J connectivity index is 1.47. The lowest BCUT2D eigenvalue weighted by atomic mass is 10.0. The molecular weight excluding hydrogens is 336 g/mol. The van der Waals surface area contributed by atoms with E-state index in [1.165, 1.54) is 10.8 Å². The van der Waals surface area contributed by atoms with Crippen LogP contribution in [0.3, 0.4) is 0 Å². The molecule has 4 rings (SSSR count). The number of nitrogens with zero attached hydrogens (tertiary/aromatic N) is 1. The van der Waals surface area contributed by atoms with Gasteiger partial charge in [-0.15, -0.1) is 0 Å². The molecule has 0 radical (unpaired) electrons. The highest BCUT2D eigenvalue weighted by Gasteiger charge is 2.17. The number of furan rings is 1. The molecule has 0 saturated carbocycles. The van der Waals surface area contributed by atoms with Crippen LogP contribution < -0.4 is 5.32 Å². The van der Waals surface area contributed by atoms with E-state index in [1.54, 1.807) is 4.90 Å². The fourth-order valence-corrected chi connectivity index (χ4v) is 3.34. The smallest absolute Gasteiger partial charge is 0.318 e. The van der Waals surface area contributed by atoms with Gasteiger partial charge in [-0.3, -0.25) is 0 Å². The molecule has 0 aliphatic rings. The number of amides is 2. The van der Waals surface area contributed by atoms with Gasteiger partial charge in [0.25, 0.3) is 0 Å². The standard InChI is InChI=1S/C23H22N2O2/c1-16(22-14-18-9-4-6-13-21(18)27-22)24-23(26)25(2)15-19-11-7-10-17-8-3-5-12-20(17)19/h3-14,16H,15H2,1-2H3,(H,24,26)/t16-/m0/s1. The molecule has 136 valence electrons. The first kappa shape index (κ1) is 17.2. The van der Waals surface area contributed by atoms with Crippen molar-refractivity contribution >= 4 is 27.8 Å². The molecule has 0 bridgehead atoms. The minimum Gasteiger partial charge on any atom is -0.459 e. The number of urea groups is 1. The molecule has 1 aromatic heterocycles.